The minimum absolute atomic E-state index is 0.118. The summed E-state index contributed by atoms with van der Waals surface area (Å²) in [5.74, 6) is 0. The van der Waals surface area contributed by atoms with Crippen molar-refractivity contribution >= 4 is 17.4 Å². The first-order valence-electron chi connectivity index (χ1n) is 7.60. The molecule has 1 fully saturated rings. The van der Waals surface area contributed by atoms with Crippen LogP contribution in [-0.4, -0.2) is 38.4 Å². The number of ether oxygens (including phenoxy) is 1. The number of carbonyl (C=O) groups is 1. The van der Waals surface area contributed by atoms with Gasteiger partial charge in [0.1, 0.15) is 0 Å². The average Bonchev–Trinajstić information content (AvgIpc) is 2.55. The summed E-state index contributed by atoms with van der Waals surface area (Å²) in [6, 6.07) is 9.45. The molecule has 1 unspecified atom stereocenters. The van der Waals surface area contributed by atoms with Gasteiger partial charge in [0.05, 0.1) is 25.7 Å². The van der Waals surface area contributed by atoms with Gasteiger partial charge in [-0.05, 0) is 24.6 Å². The Hall–Kier alpha value is -2.26. The fraction of sp³-hybridized carbons (Fsp3) is 0.500. The highest BCUT2D eigenvalue weighted by Gasteiger charge is 2.13. The number of rotatable bonds is 5. The second-order valence-electron chi connectivity index (χ2n) is 5.22. The van der Waals surface area contributed by atoms with E-state index >= 15 is 0 Å². The molecule has 1 aromatic rings. The number of nitrogens with zero attached hydrogens (tertiary/aromatic N) is 2. The maximum atomic E-state index is 12.0. The first-order chi connectivity index (χ1) is 10.7. The van der Waals surface area contributed by atoms with Crippen molar-refractivity contribution in [1.29, 1.82) is 5.26 Å². The van der Waals surface area contributed by atoms with Crippen LogP contribution in [0.4, 0.5) is 16.2 Å². The van der Waals surface area contributed by atoms with Crippen LogP contribution in [0.15, 0.2) is 24.3 Å². The molecule has 0 bridgehead atoms. The largest absolute Gasteiger partial charge is 0.378 e. The third kappa shape index (κ3) is 4.64. The Morgan fingerprint density at radius 2 is 2.23 bits per heavy atom. The molecule has 1 aliphatic heterocycles. The van der Waals surface area contributed by atoms with Crippen LogP contribution in [0, 0.1) is 11.3 Å². The number of benzene rings is 1. The molecule has 1 aromatic carbocycles. The number of hydrogen-bond donors (Lipinski definition) is 2. The van der Waals surface area contributed by atoms with Gasteiger partial charge in [0, 0.05) is 30.5 Å². The fourth-order valence-corrected chi connectivity index (χ4v) is 2.36. The Morgan fingerprint density at radius 1 is 1.45 bits per heavy atom. The minimum atomic E-state index is -0.277. The predicted molar refractivity (Wildman–Crippen MR) is 85.9 cm³/mol. The summed E-state index contributed by atoms with van der Waals surface area (Å²) in [7, 11) is 0. The topological polar surface area (TPSA) is 77.4 Å². The van der Waals surface area contributed by atoms with Gasteiger partial charge < -0.3 is 20.3 Å². The molecule has 2 amide bonds. The van der Waals surface area contributed by atoms with Crippen molar-refractivity contribution < 1.29 is 9.53 Å². The van der Waals surface area contributed by atoms with Crippen LogP contribution in [0.3, 0.4) is 0 Å². The molecule has 1 saturated heterocycles. The standard InChI is InChI=1S/C16H22N4O2/c1-2-13(6-7-17)18-16(21)19-14-4-3-5-15(12-14)20-8-10-22-11-9-20/h3-5,12-13H,2,6,8-11H2,1H3,(H2,18,19,21). The van der Waals surface area contributed by atoms with Crippen molar-refractivity contribution in [3.63, 3.8) is 0 Å². The molecule has 118 valence electrons. The quantitative estimate of drug-likeness (QED) is 0.875. The van der Waals surface area contributed by atoms with Crippen LogP contribution in [0.1, 0.15) is 19.8 Å². The number of carbonyl (C=O) groups excluding carboxylic acids is 1. The fourth-order valence-electron chi connectivity index (χ4n) is 2.36. The van der Waals surface area contributed by atoms with Crippen molar-refractivity contribution in [3.05, 3.63) is 24.3 Å². The smallest absolute Gasteiger partial charge is 0.319 e. The van der Waals surface area contributed by atoms with Crippen LogP contribution in [0.2, 0.25) is 0 Å². The zero-order valence-corrected chi connectivity index (χ0v) is 12.8. The lowest BCUT2D eigenvalue weighted by Gasteiger charge is -2.29. The summed E-state index contributed by atoms with van der Waals surface area (Å²) >= 11 is 0. The summed E-state index contributed by atoms with van der Waals surface area (Å²) < 4.78 is 5.35. The molecule has 6 heteroatoms. The summed E-state index contributed by atoms with van der Waals surface area (Å²) in [5.41, 5.74) is 1.82. The SMILES string of the molecule is CCC(CC#N)NC(=O)Nc1cccc(N2CCOCC2)c1. The predicted octanol–water partition coefficient (Wildman–Crippen LogP) is 2.34. The zero-order valence-electron chi connectivity index (χ0n) is 12.8. The van der Waals surface area contributed by atoms with Crippen molar-refractivity contribution in [3.8, 4) is 6.07 Å². The second kappa shape index (κ2) is 8.25. The van der Waals surface area contributed by atoms with Crippen molar-refractivity contribution in [2.45, 2.75) is 25.8 Å². The third-order valence-electron chi connectivity index (χ3n) is 3.65. The van der Waals surface area contributed by atoms with E-state index in [0.717, 1.165) is 44.1 Å². The van der Waals surface area contributed by atoms with E-state index in [1.165, 1.54) is 0 Å². The normalized spacial score (nSPS) is 15.7. The Bertz CT molecular complexity index is 535. The van der Waals surface area contributed by atoms with Crippen LogP contribution >= 0.6 is 0 Å². The number of amides is 2. The highest BCUT2D eigenvalue weighted by molar-refractivity contribution is 5.90. The van der Waals surface area contributed by atoms with Gasteiger partial charge in [-0.3, -0.25) is 0 Å². The van der Waals surface area contributed by atoms with Gasteiger partial charge in [0.25, 0.3) is 0 Å². The molecule has 0 spiro atoms. The van der Waals surface area contributed by atoms with Crippen LogP contribution in [-0.2, 0) is 4.74 Å². The molecule has 22 heavy (non-hydrogen) atoms. The van der Waals surface area contributed by atoms with E-state index in [9.17, 15) is 4.79 Å². The van der Waals surface area contributed by atoms with Crippen LogP contribution in [0.5, 0.6) is 0 Å². The summed E-state index contributed by atoms with van der Waals surface area (Å²) in [5, 5.41) is 14.3. The summed E-state index contributed by atoms with van der Waals surface area (Å²) in [6.07, 6.45) is 1.05. The lowest BCUT2D eigenvalue weighted by atomic mass is 10.2. The number of urea groups is 1. The first kappa shape index (κ1) is 16.1. The molecule has 1 aliphatic rings. The Balaban J connectivity index is 1.94. The molecule has 0 aliphatic carbocycles. The van der Waals surface area contributed by atoms with Crippen molar-refractivity contribution in [2.75, 3.05) is 36.5 Å². The van der Waals surface area contributed by atoms with Gasteiger partial charge in [-0.2, -0.15) is 5.26 Å². The molecular weight excluding hydrogens is 280 g/mol. The van der Waals surface area contributed by atoms with E-state index in [1.54, 1.807) is 0 Å². The maximum absolute atomic E-state index is 12.0. The maximum Gasteiger partial charge on any atom is 0.319 e. The second-order valence-corrected chi connectivity index (χ2v) is 5.22. The van der Waals surface area contributed by atoms with E-state index in [2.05, 4.69) is 21.6 Å². The molecule has 0 saturated carbocycles. The van der Waals surface area contributed by atoms with E-state index in [1.807, 2.05) is 31.2 Å². The molecule has 0 aromatic heterocycles. The average molecular weight is 302 g/mol. The Morgan fingerprint density at radius 3 is 2.91 bits per heavy atom. The highest BCUT2D eigenvalue weighted by atomic mass is 16.5. The molecule has 1 heterocycles. The zero-order chi connectivity index (χ0) is 15.8. The summed E-state index contributed by atoms with van der Waals surface area (Å²) in [4.78, 5) is 14.2. The molecule has 6 nitrogen and oxygen atoms in total. The first-order valence-corrected chi connectivity index (χ1v) is 7.60. The minimum Gasteiger partial charge on any atom is -0.378 e. The van der Waals surface area contributed by atoms with E-state index in [-0.39, 0.29) is 12.1 Å². The van der Waals surface area contributed by atoms with Crippen molar-refractivity contribution in [1.82, 2.24) is 5.32 Å². The third-order valence-corrected chi connectivity index (χ3v) is 3.65. The van der Waals surface area contributed by atoms with Crippen LogP contribution < -0.4 is 15.5 Å². The molecule has 1 atom stereocenters. The molecule has 2 rings (SSSR count). The molecular formula is C16H22N4O2. The molecule has 2 N–H and O–H groups in total. The lowest BCUT2D eigenvalue weighted by Crippen LogP contribution is -2.37. The number of morpholine rings is 1. The van der Waals surface area contributed by atoms with Gasteiger partial charge in [-0.15, -0.1) is 0 Å². The number of anilines is 2. The van der Waals surface area contributed by atoms with Gasteiger partial charge in [-0.1, -0.05) is 13.0 Å². The van der Waals surface area contributed by atoms with Gasteiger partial charge >= 0.3 is 6.03 Å². The number of nitriles is 1. The van der Waals surface area contributed by atoms with Gasteiger partial charge in [-0.25, -0.2) is 4.79 Å². The van der Waals surface area contributed by atoms with Gasteiger partial charge in [0.15, 0.2) is 0 Å². The highest BCUT2D eigenvalue weighted by Crippen LogP contribution is 2.20. The van der Waals surface area contributed by atoms with E-state index in [4.69, 9.17) is 10.00 Å². The van der Waals surface area contributed by atoms with E-state index in [0.29, 0.717) is 6.42 Å². The van der Waals surface area contributed by atoms with E-state index < -0.39 is 0 Å². The Labute approximate surface area is 131 Å². The van der Waals surface area contributed by atoms with Crippen LogP contribution in [0.25, 0.3) is 0 Å². The van der Waals surface area contributed by atoms with Gasteiger partial charge in [0.2, 0.25) is 0 Å². The number of nitrogens with one attached hydrogen (secondary N) is 2. The summed E-state index contributed by atoms with van der Waals surface area (Å²) in [6.45, 7) is 5.11. The number of hydrogen-bond acceptors (Lipinski definition) is 4. The monoisotopic (exact) mass is 302 g/mol. The van der Waals surface area contributed by atoms with Crippen molar-refractivity contribution in [2.24, 2.45) is 0 Å². The lowest BCUT2D eigenvalue weighted by molar-refractivity contribution is 0.122. The Kier molecular flexibility index (Phi) is 6.04. The molecule has 0 radical (unpaired) electrons.